The number of aliphatic carboxylic acids is 1. The first-order valence-electron chi connectivity index (χ1n) is 9.29. The van der Waals surface area contributed by atoms with Crippen LogP contribution in [-0.4, -0.2) is 46.6 Å². The van der Waals surface area contributed by atoms with Crippen molar-refractivity contribution < 1.29 is 19.4 Å². The fourth-order valence-electron chi connectivity index (χ4n) is 3.06. The molecule has 2 rings (SSSR count). The minimum absolute atomic E-state index is 0.0301. The second-order valence-electron chi connectivity index (χ2n) is 6.40. The van der Waals surface area contributed by atoms with Crippen LogP contribution in [-0.2, 0) is 16.0 Å². The van der Waals surface area contributed by atoms with Gasteiger partial charge in [-0.2, -0.15) is 0 Å². The number of esters is 1. The number of carboxylic acids is 1. The maximum absolute atomic E-state index is 11.9. The summed E-state index contributed by atoms with van der Waals surface area (Å²) in [6, 6.07) is 5.66. The predicted octanol–water partition coefficient (Wildman–Crippen LogP) is 3.60. The third-order valence-corrected chi connectivity index (χ3v) is 4.44. The van der Waals surface area contributed by atoms with E-state index >= 15 is 0 Å². The number of likely N-dealkylation sites (N-methyl/N-ethyl adjacent to an activating group) is 1. The van der Waals surface area contributed by atoms with Gasteiger partial charge in [-0.3, -0.25) is 9.59 Å². The van der Waals surface area contributed by atoms with Crippen molar-refractivity contribution in [1.82, 2.24) is 9.88 Å². The van der Waals surface area contributed by atoms with E-state index in [1.807, 2.05) is 18.3 Å². The van der Waals surface area contributed by atoms with Gasteiger partial charge in [0.25, 0.3) is 0 Å². The highest BCUT2D eigenvalue weighted by atomic mass is 16.5. The van der Waals surface area contributed by atoms with E-state index in [0.717, 1.165) is 43.4 Å². The topological polar surface area (TPSA) is 82.6 Å². The van der Waals surface area contributed by atoms with E-state index in [9.17, 15) is 9.59 Å². The highest BCUT2D eigenvalue weighted by molar-refractivity contribution is 5.90. The number of hydrogen-bond acceptors (Lipinski definition) is 4. The summed E-state index contributed by atoms with van der Waals surface area (Å²) in [5.41, 5.74) is 2.02. The maximum atomic E-state index is 11.9. The Balaban J connectivity index is 2.03. The van der Waals surface area contributed by atoms with Crippen molar-refractivity contribution in [2.45, 2.75) is 46.0 Å². The van der Waals surface area contributed by atoms with Crippen LogP contribution in [0.5, 0.6) is 5.75 Å². The first kappa shape index (κ1) is 20.0. The minimum Gasteiger partial charge on any atom is -0.481 e. The summed E-state index contributed by atoms with van der Waals surface area (Å²) < 4.78 is 5.43. The van der Waals surface area contributed by atoms with Crippen LogP contribution in [0.15, 0.2) is 24.4 Å². The van der Waals surface area contributed by atoms with E-state index in [-0.39, 0.29) is 19.3 Å². The predicted molar refractivity (Wildman–Crippen MR) is 102 cm³/mol. The van der Waals surface area contributed by atoms with Crippen LogP contribution in [0.1, 0.15) is 45.1 Å². The molecule has 0 aliphatic carbocycles. The van der Waals surface area contributed by atoms with Gasteiger partial charge < -0.3 is 19.7 Å². The number of hydrogen-bond donors (Lipinski definition) is 2. The van der Waals surface area contributed by atoms with Gasteiger partial charge in [0.15, 0.2) is 5.75 Å². The molecule has 0 atom stereocenters. The molecule has 0 aliphatic heterocycles. The molecule has 0 fully saturated rings. The number of aromatic nitrogens is 1. The highest BCUT2D eigenvalue weighted by Crippen LogP contribution is 2.28. The van der Waals surface area contributed by atoms with Gasteiger partial charge in [0.05, 0.1) is 5.52 Å². The highest BCUT2D eigenvalue weighted by Gasteiger charge is 2.13. The molecule has 6 nitrogen and oxygen atoms in total. The van der Waals surface area contributed by atoms with Crippen molar-refractivity contribution in [2.24, 2.45) is 0 Å². The fourth-order valence-corrected chi connectivity index (χ4v) is 3.06. The van der Waals surface area contributed by atoms with Crippen molar-refractivity contribution in [1.29, 1.82) is 0 Å². The third-order valence-electron chi connectivity index (χ3n) is 4.44. The second kappa shape index (κ2) is 9.97. The molecule has 1 heterocycles. The van der Waals surface area contributed by atoms with Crippen LogP contribution in [0, 0.1) is 0 Å². The minimum atomic E-state index is -0.905. The maximum Gasteiger partial charge on any atom is 0.311 e. The fraction of sp³-hybridized carbons (Fsp3) is 0.500. The van der Waals surface area contributed by atoms with Gasteiger partial charge in [0.2, 0.25) is 0 Å². The Morgan fingerprint density at radius 1 is 1.19 bits per heavy atom. The van der Waals surface area contributed by atoms with Gasteiger partial charge >= 0.3 is 11.9 Å². The summed E-state index contributed by atoms with van der Waals surface area (Å²) in [7, 11) is 0. The number of rotatable bonds is 11. The van der Waals surface area contributed by atoms with E-state index in [0.29, 0.717) is 5.75 Å². The molecule has 0 saturated carbocycles. The van der Waals surface area contributed by atoms with E-state index in [2.05, 4.69) is 23.7 Å². The lowest BCUT2D eigenvalue weighted by Crippen LogP contribution is -2.26. The number of nitrogens with zero attached hydrogens (tertiary/aromatic N) is 1. The molecule has 26 heavy (non-hydrogen) atoms. The SMILES string of the molecule is CCCN(CC)CCc1c[nH]c2c(OC(=O)CCCC(=O)O)cccc12. The average Bonchev–Trinajstić information content (AvgIpc) is 3.02. The largest absolute Gasteiger partial charge is 0.481 e. The third kappa shape index (κ3) is 5.59. The molecule has 142 valence electrons. The van der Waals surface area contributed by atoms with Crippen LogP contribution in [0.3, 0.4) is 0 Å². The van der Waals surface area contributed by atoms with Gasteiger partial charge in [-0.15, -0.1) is 0 Å². The molecule has 0 aliphatic rings. The second-order valence-corrected chi connectivity index (χ2v) is 6.40. The number of ether oxygens (including phenoxy) is 1. The number of para-hydroxylation sites is 1. The van der Waals surface area contributed by atoms with E-state index in [4.69, 9.17) is 9.84 Å². The molecule has 2 N–H and O–H groups in total. The van der Waals surface area contributed by atoms with Crippen molar-refractivity contribution in [3.8, 4) is 5.75 Å². The molecule has 0 bridgehead atoms. The first-order chi connectivity index (χ1) is 12.5. The molecular formula is C20H28N2O4. The number of aromatic amines is 1. The van der Waals surface area contributed by atoms with Gasteiger partial charge in [0, 0.05) is 31.0 Å². The number of fused-ring (bicyclic) bond motifs is 1. The Morgan fingerprint density at radius 2 is 2.00 bits per heavy atom. The number of carboxylic acid groups (broad SMARTS) is 1. The molecule has 0 amide bonds. The number of benzene rings is 1. The summed E-state index contributed by atoms with van der Waals surface area (Å²) in [5, 5.41) is 9.70. The summed E-state index contributed by atoms with van der Waals surface area (Å²) in [4.78, 5) is 28.1. The van der Waals surface area contributed by atoms with E-state index in [1.165, 1.54) is 5.56 Å². The van der Waals surface area contributed by atoms with E-state index in [1.54, 1.807) is 6.07 Å². The molecule has 1 aromatic carbocycles. The van der Waals surface area contributed by atoms with E-state index < -0.39 is 11.9 Å². The molecule has 0 radical (unpaired) electrons. The Bertz CT molecular complexity index is 738. The van der Waals surface area contributed by atoms with Crippen molar-refractivity contribution >= 4 is 22.8 Å². The first-order valence-corrected chi connectivity index (χ1v) is 9.29. The smallest absolute Gasteiger partial charge is 0.311 e. The Morgan fingerprint density at radius 3 is 2.69 bits per heavy atom. The average molecular weight is 360 g/mol. The van der Waals surface area contributed by atoms with Crippen molar-refractivity contribution in [3.05, 3.63) is 30.0 Å². The molecule has 2 aromatic rings. The summed E-state index contributed by atoms with van der Waals surface area (Å²) in [6.45, 7) is 7.49. The summed E-state index contributed by atoms with van der Waals surface area (Å²) in [5.74, 6) is -0.817. The monoisotopic (exact) mass is 360 g/mol. The quantitative estimate of drug-likeness (QED) is 0.472. The number of H-pyrrole nitrogens is 1. The number of nitrogens with one attached hydrogen (secondary N) is 1. The summed E-state index contributed by atoms with van der Waals surface area (Å²) in [6.07, 6.45) is 4.40. The lowest BCUT2D eigenvalue weighted by atomic mass is 10.1. The molecule has 0 unspecified atom stereocenters. The zero-order valence-corrected chi connectivity index (χ0v) is 15.6. The van der Waals surface area contributed by atoms with Crippen LogP contribution >= 0.6 is 0 Å². The molecule has 0 spiro atoms. The van der Waals surface area contributed by atoms with Crippen molar-refractivity contribution in [3.63, 3.8) is 0 Å². The normalized spacial score (nSPS) is 11.2. The van der Waals surface area contributed by atoms with Gasteiger partial charge in [-0.1, -0.05) is 26.0 Å². The standard InChI is InChI=1S/C20H28N2O4/c1-3-12-22(4-2)13-11-15-14-21-20-16(15)7-5-8-17(20)26-19(25)10-6-9-18(23)24/h5,7-8,14,21H,3-4,6,9-13H2,1-2H3,(H,23,24). The van der Waals surface area contributed by atoms with Crippen LogP contribution < -0.4 is 4.74 Å². The number of carbonyl (C=O) groups excluding carboxylic acids is 1. The lowest BCUT2D eigenvalue weighted by Gasteiger charge is -2.19. The lowest BCUT2D eigenvalue weighted by molar-refractivity contribution is -0.137. The Hall–Kier alpha value is -2.34. The number of carbonyl (C=O) groups is 2. The molecule has 1 aromatic heterocycles. The molecule has 0 saturated heterocycles. The summed E-state index contributed by atoms with van der Waals surface area (Å²) >= 11 is 0. The van der Waals surface area contributed by atoms with Crippen LogP contribution in [0.25, 0.3) is 10.9 Å². The molecule has 6 heteroatoms. The zero-order chi connectivity index (χ0) is 18.9. The zero-order valence-electron chi connectivity index (χ0n) is 15.6. The molecular weight excluding hydrogens is 332 g/mol. The van der Waals surface area contributed by atoms with Crippen molar-refractivity contribution in [2.75, 3.05) is 19.6 Å². The Labute approximate surface area is 154 Å². The van der Waals surface area contributed by atoms with Gasteiger partial charge in [-0.25, -0.2) is 0 Å². The Kier molecular flexibility index (Phi) is 7.66. The van der Waals surface area contributed by atoms with Gasteiger partial charge in [0.1, 0.15) is 0 Å². The van der Waals surface area contributed by atoms with Crippen LogP contribution in [0.2, 0.25) is 0 Å². The van der Waals surface area contributed by atoms with Crippen LogP contribution in [0.4, 0.5) is 0 Å². The van der Waals surface area contributed by atoms with Gasteiger partial charge in [-0.05, 0) is 44.0 Å².